The van der Waals surface area contributed by atoms with Crippen molar-refractivity contribution < 1.29 is 32.7 Å². The molecule has 10 heteroatoms. The first-order valence-electron chi connectivity index (χ1n) is 9.82. The van der Waals surface area contributed by atoms with Crippen molar-refractivity contribution in [2.75, 3.05) is 31.4 Å². The Morgan fingerprint density at radius 2 is 2.06 bits per heavy atom. The molecule has 1 aromatic carbocycles. The van der Waals surface area contributed by atoms with Crippen molar-refractivity contribution in [3.8, 4) is 11.8 Å². The smallest absolute Gasteiger partial charge is 0.414 e. The third-order valence-electron chi connectivity index (χ3n) is 5.78. The molecule has 1 aliphatic heterocycles. The van der Waals surface area contributed by atoms with Crippen molar-refractivity contribution in [1.29, 1.82) is 0 Å². The molecule has 168 valence electrons. The van der Waals surface area contributed by atoms with Gasteiger partial charge in [-0.15, -0.1) is 0 Å². The first-order chi connectivity index (χ1) is 14.6. The lowest BCUT2D eigenvalue weighted by Crippen LogP contribution is -2.51. The van der Waals surface area contributed by atoms with E-state index in [1.54, 1.807) is 31.4 Å². The summed E-state index contributed by atoms with van der Waals surface area (Å²) in [4.78, 5) is 25.7. The monoisotopic (exact) mass is 450 g/mol. The fourth-order valence-electron chi connectivity index (χ4n) is 3.53. The summed E-state index contributed by atoms with van der Waals surface area (Å²) in [5, 5.41) is 8.94. The molecular weight excluding hydrogens is 424 g/mol. The molecule has 1 aromatic rings. The Kier molecular flexibility index (Phi) is 6.59. The molecule has 1 saturated carbocycles. The van der Waals surface area contributed by atoms with E-state index in [1.807, 2.05) is 0 Å². The Bertz CT molecular complexity index is 1010. The lowest BCUT2D eigenvalue weighted by Gasteiger charge is -2.26. The molecule has 1 aliphatic carbocycles. The Balaban J connectivity index is 1.66. The van der Waals surface area contributed by atoms with Crippen molar-refractivity contribution in [3.05, 3.63) is 29.8 Å². The van der Waals surface area contributed by atoms with Crippen LogP contribution >= 0.6 is 0 Å². The minimum Gasteiger partial charge on any atom is -0.444 e. The van der Waals surface area contributed by atoms with E-state index in [0.717, 1.165) is 24.8 Å². The molecule has 2 N–H and O–H groups in total. The van der Waals surface area contributed by atoms with Crippen LogP contribution < -0.4 is 10.4 Å². The van der Waals surface area contributed by atoms with Crippen LogP contribution in [0.3, 0.4) is 0 Å². The summed E-state index contributed by atoms with van der Waals surface area (Å²) in [5.74, 6) is 6.12. The number of sulfone groups is 1. The lowest BCUT2D eigenvalue weighted by atomic mass is 10.0. The zero-order valence-corrected chi connectivity index (χ0v) is 18.4. The molecule has 2 fully saturated rings. The molecule has 0 spiro atoms. The summed E-state index contributed by atoms with van der Waals surface area (Å²) in [6.45, 7) is 1.98. The number of anilines is 1. The summed E-state index contributed by atoms with van der Waals surface area (Å²) in [6.07, 6.45) is 0.186. The molecular formula is C21H26N2O7S. The van der Waals surface area contributed by atoms with Gasteiger partial charge in [-0.3, -0.25) is 14.9 Å². The molecule has 4 unspecified atom stereocenters. The highest BCUT2D eigenvalue weighted by molar-refractivity contribution is 7.92. The Labute approximate surface area is 181 Å². The molecule has 0 radical (unpaired) electrons. The largest absolute Gasteiger partial charge is 0.444 e. The molecule has 31 heavy (non-hydrogen) atoms. The molecule has 0 bridgehead atoms. The summed E-state index contributed by atoms with van der Waals surface area (Å²) in [7, 11) is -2.21. The quantitative estimate of drug-likeness (QED) is 0.365. The third-order valence-corrected chi connectivity index (χ3v) is 7.76. The fraction of sp³-hybridized carbons (Fsp3) is 0.524. The predicted molar refractivity (Wildman–Crippen MR) is 112 cm³/mol. The van der Waals surface area contributed by atoms with Gasteiger partial charge in [0, 0.05) is 37.0 Å². The highest BCUT2D eigenvalue weighted by Gasteiger charge is 2.48. The first kappa shape index (κ1) is 23.1. The van der Waals surface area contributed by atoms with E-state index >= 15 is 0 Å². The predicted octanol–water partition coefficient (Wildman–Crippen LogP) is 1.34. The SMILES string of the molecule is COCC1CC1C#Cc1ccc(N2CC(CC(C)(C(=O)NO)S(C)(=O)=O)OC2=O)cc1. The van der Waals surface area contributed by atoms with E-state index in [4.69, 9.17) is 14.7 Å². The number of cyclic esters (lactones) is 1. The number of nitrogens with one attached hydrogen (secondary N) is 1. The minimum atomic E-state index is -3.89. The van der Waals surface area contributed by atoms with Crippen molar-refractivity contribution in [2.45, 2.75) is 30.6 Å². The number of hydrogen-bond donors (Lipinski definition) is 2. The highest BCUT2D eigenvalue weighted by atomic mass is 32.2. The normalized spacial score (nSPS) is 24.6. The van der Waals surface area contributed by atoms with E-state index in [-0.39, 0.29) is 13.0 Å². The molecule has 2 aliphatic rings. The molecule has 1 saturated heterocycles. The van der Waals surface area contributed by atoms with Crippen LogP contribution in [-0.2, 0) is 24.1 Å². The maximum Gasteiger partial charge on any atom is 0.414 e. The van der Waals surface area contributed by atoms with Crippen LogP contribution in [0.25, 0.3) is 0 Å². The van der Waals surface area contributed by atoms with Gasteiger partial charge in [-0.2, -0.15) is 0 Å². The maximum atomic E-state index is 12.3. The second-order valence-electron chi connectivity index (χ2n) is 8.14. The Morgan fingerprint density at radius 3 is 2.65 bits per heavy atom. The van der Waals surface area contributed by atoms with Gasteiger partial charge < -0.3 is 9.47 Å². The number of carbonyl (C=O) groups excluding carboxylic acids is 2. The zero-order chi connectivity index (χ0) is 22.8. The number of ether oxygens (including phenoxy) is 2. The number of methoxy groups -OCH3 is 1. The number of benzene rings is 1. The summed E-state index contributed by atoms with van der Waals surface area (Å²) < 4.78 is 32.7. The van der Waals surface area contributed by atoms with Gasteiger partial charge in [-0.1, -0.05) is 11.8 Å². The summed E-state index contributed by atoms with van der Waals surface area (Å²) in [6, 6.07) is 7.08. The lowest BCUT2D eigenvalue weighted by molar-refractivity contribution is -0.132. The minimum absolute atomic E-state index is 0.0778. The van der Waals surface area contributed by atoms with Crippen LogP contribution in [0.15, 0.2) is 24.3 Å². The van der Waals surface area contributed by atoms with Crippen molar-refractivity contribution in [2.24, 2.45) is 11.8 Å². The van der Waals surface area contributed by atoms with E-state index < -0.39 is 32.7 Å². The second-order valence-corrected chi connectivity index (χ2v) is 10.6. The van der Waals surface area contributed by atoms with Crippen LogP contribution in [0.1, 0.15) is 25.3 Å². The topological polar surface area (TPSA) is 122 Å². The van der Waals surface area contributed by atoms with Gasteiger partial charge in [0.05, 0.1) is 13.2 Å². The van der Waals surface area contributed by atoms with Crippen LogP contribution in [0.4, 0.5) is 10.5 Å². The van der Waals surface area contributed by atoms with Crippen molar-refractivity contribution in [3.63, 3.8) is 0 Å². The standard InChI is InChI=1S/C21H26N2O7S/c1-21(19(24)22-26,31(3,27)28)11-18-12-23(20(25)30-18)17-8-5-14(6-9-17)4-7-15-10-16(15)13-29-2/h5-6,8-9,15-16,18,26H,10-13H2,1-3H3,(H,22,24). The van der Waals surface area contributed by atoms with E-state index in [9.17, 15) is 18.0 Å². The van der Waals surface area contributed by atoms with Gasteiger partial charge >= 0.3 is 6.09 Å². The number of hydroxylamine groups is 1. The van der Waals surface area contributed by atoms with E-state index in [1.165, 1.54) is 17.3 Å². The second kappa shape index (κ2) is 8.86. The fourth-order valence-corrected chi connectivity index (χ4v) is 4.40. The van der Waals surface area contributed by atoms with Gasteiger partial charge in [0.15, 0.2) is 14.6 Å². The van der Waals surface area contributed by atoms with E-state index in [2.05, 4.69) is 11.8 Å². The number of rotatable bonds is 7. The number of amides is 2. The Morgan fingerprint density at radius 1 is 1.39 bits per heavy atom. The van der Waals surface area contributed by atoms with Gasteiger partial charge in [-0.05, 0) is 43.5 Å². The molecule has 2 amide bonds. The average Bonchev–Trinajstić information content (AvgIpc) is 3.37. The number of carbonyl (C=O) groups is 2. The molecule has 4 atom stereocenters. The molecule has 9 nitrogen and oxygen atoms in total. The van der Waals surface area contributed by atoms with Crippen LogP contribution in [0.2, 0.25) is 0 Å². The number of hydrogen-bond acceptors (Lipinski definition) is 7. The summed E-state index contributed by atoms with van der Waals surface area (Å²) in [5.41, 5.74) is 2.79. The average molecular weight is 451 g/mol. The van der Waals surface area contributed by atoms with Gasteiger partial charge in [0.25, 0.3) is 5.91 Å². The maximum absolute atomic E-state index is 12.3. The molecule has 0 aromatic heterocycles. The summed E-state index contributed by atoms with van der Waals surface area (Å²) >= 11 is 0. The molecule has 3 rings (SSSR count). The van der Waals surface area contributed by atoms with Gasteiger partial charge in [0.1, 0.15) is 6.10 Å². The molecule has 1 heterocycles. The third kappa shape index (κ3) is 5.01. The van der Waals surface area contributed by atoms with Crippen LogP contribution in [0, 0.1) is 23.7 Å². The van der Waals surface area contributed by atoms with E-state index in [0.29, 0.717) is 17.5 Å². The first-order valence-corrected chi connectivity index (χ1v) is 11.7. The van der Waals surface area contributed by atoms with Crippen LogP contribution in [-0.4, -0.2) is 63.0 Å². The highest BCUT2D eigenvalue weighted by Crippen LogP contribution is 2.37. The zero-order valence-electron chi connectivity index (χ0n) is 17.6. The van der Waals surface area contributed by atoms with Crippen molar-refractivity contribution >= 4 is 27.5 Å². The Hall–Kier alpha value is -2.61. The van der Waals surface area contributed by atoms with Crippen LogP contribution in [0.5, 0.6) is 0 Å². The van der Waals surface area contributed by atoms with Crippen molar-refractivity contribution in [1.82, 2.24) is 5.48 Å². The number of nitrogens with zero attached hydrogens (tertiary/aromatic N) is 1. The van der Waals surface area contributed by atoms with Gasteiger partial charge in [-0.25, -0.2) is 18.7 Å². The van der Waals surface area contributed by atoms with Gasteiger partial charge in [0.2, 0.25) is 0 Å².